The predicted octanol–water partition coefficient (Wildman–Crippen LogP) is 2.92. The SMILES string of the molecule is Cc1cccc(C(=O)Nc2ccc(F)c(F)c2)n1. The van der Waals surface area contributed by atoms with Crippen molar-refractivity contribution in [2.24, 2.45) is 0 Å². The molecule has 0 saturated carbocycles. The van der Waals surface area contributed by atoms with Crippen LogP contribution in [0.3, 0.4) is 0 Å². The molecular formula is C13H10F2N2O. The Morgan fingerprint density at radius 2 is 1.94 bits per heavy atom. The van der Waals surface area contributed by atoms with Crippen LogP contribution in [-0.2, 0) is 0 Å². The fourth-order valence-electron chi connectivity index (χ4n) is 1.44. The second-order valence-electron chi connectivity index (χ2n) is 3.75. The maximum absolute atomic E-state index is 13.0. The summed E-state index contributed by atoms with van der Waals surface area (Å²) in [7, 11) is 0. The molecule has 18 heavy (non-hydrogen) atoms. The van der Waals surface area contributed by atoms with Crippen LogP contribution < -0.4 is 5.32 Å². The number of aryl methyl sites for hydroxylation is 1. The summed E-state index contributed by atoms with van der Waals surface area (Å²) in [6, 6.07) is 8.16. The Labute approximate surface area is 102 Å². The van der Waals surface area contributed by atoms with Crippen molar-refractivity contribution in [3.05, 3.63) is 59.4 Å². The van der Waals surface area contributed by atoms with Crippen LogP contribution in [0.5, 0.6) is 0 Å². The van der Waals surface area contributed by atoms with Gasteiger partial charge in [0.1, 0.15) is 5.69 Å². The average Bonchev–Trinajstić information content (AvgIpc) is 2.34. The molecule has 0 saturated heterocycles. The normalized spacial score (nSPS) is 10.2. The van der Waals surface area contributed by atoms with E-state index in [1.54, 1.807) is 25.1 Å². The zero-order valence-electron chi connectivity index (χ0n) is 9.58. The topological polar surface area (TPSA) is 42.0 Å². The quantitative estimate of drug-likeness (QED) is 0.887. The molecule has 0 atom stereocenters. The first-order chi connectivity index (χ1) is 8.56. The van der Waals surface area contributed by atoms with E-state index in [0.29, 0.717) is 5.69 Å². The number of anilines is 1. The van der Waals surface area contributed by atoms with Crippen LogP contribution in [0.1, 0.15) is 16.2 Å². The lowest BCUT2D eigenvalue weighted by atomic mass is 10.2. The van der Waals surface area contributed by atoms with Crippen LogP contribution in [0.25, 0.3) is 0 Å². The molecule has 0 fully saturated rings. The van der Waals surface area contributed by atoms with Gasteiger partial charge in [-0.05, 0) is 31.2 Å². The summed E-state index contributed by atoms with van der Waals surface area (Å²) >= 11 is 0. The summed E-state index contributed by atoms with van der Waals surface area (Å²) in [6.45, 7) is 1.76. The van der Waals surface area contributed by atoms with Crippen LogP contribution in [-0.4, -0.2) is 10.9 Å². The third-order valence-corrected chi connectivity index (χ3v) is 2.30. The number of halogens is 2. The minimum Gasteiger partial charge on any atom is -0.321 e. The van der Waals surface area contributed by atoms with Gasteiger partial charge in [-0.1, -0.05) is 6.07 Å². The van der Waals surface area contributed by atoms with Gasteiger partial charge in [-0.15, -0.1) is 0 Å². The molecular weight excluding hydrogens is 238 g/mol. The van der Waals surface area contributed by atoms with Crippen LogP contribution in [0.4, 0.5) is 14.5 Å². The number of pyridine rings is 1. The zero-order chi connectivity index (χ0) is 13.1. The molecule has 0 unspecified atom stereocenters. The summed E-state index contributed by atoms with van der Waals surface area (Å²) < 4.78 is 25.7. The summed E-state index contributed by atoms with van der Waals surface area (Å²) in [5.41, 5.74) is 1.11. The number of nitrogens with zero attached hydrogens (tertiary/aromatic N) is 1. The van der Waals surface area contributed by atoms with Gasteiger partial charge < -0.3 is 5.32 Å². The van der Waals surface area contributed by atoms with E-state index in [4.69, 9.17) is 0 Å². The molecule has 0 aliphatic rings. The average molecular weight is 248 g/mol. The van der Waals surface area contributed by atoms with Gasteiger partial charge in [-0.25, -0.2) is 13.8 Å². The standard InChI is InChI=1S/C13H10F2N2O/c1-8-3-2-4-12(16-8)13(18)17-9-5-6-10(14)11(15)7-9/h2-7H,1H3,(H,17,18). The first kappa shape index (κ1) is 12.2. The Morgan fingerprint density at radius 3 is 2.61 bits per heavy atom. The second-order valence-corrected chi connectivity index (χ2v) is 3.75. The van der Waals surface area contributed by atoms with Crippen molar-refractivity contribution in [1.29, 1.82) is 0 Å². The number of hydrogen-bond acceptors (Lipinski definition) is 2. The van der Waals surface area contributed by atoms with E-state index in [0.717, 1.165) is 12.1 Å². The summed E-state index contributed by atoms with van der Waals surface area (Å²) in [6.07, 6.45) is 0. The molecule has 2 rings (SSSR count). The molecule has 2 aromatic rings. The minimum absolute atomic E-state index is 0.183. The van der Waals surface area contributed by atoms with Gasteiger partial charge in [0.2, 0.25) is 0 Å². The molecule has 0 radical (unpaired) electrons. The van der Waals surface area contributed by atoms with E-state index < -0.39 is 17.5 Å². The van der Waals surface area contributed by atoms with Gasteiger partial charge in [-0.2, -0.15) is 0 Å². The van der Waals surface area contributed by atoms with Crippen molar-refractivity contribution < 1.29 is 13.6 Å². The van der Waals surface area contributed by atoms with Gasteiger partial charge in [-0.3, -0.25) is 4.79 Å². The monoisotopic (exact) mass is 248 g/mol. The molecule has 0 aliphatic carbocycles. The predicted molar refractivity (Wildman–Crippen MR) is 63.3 cm³/mol. The summed E-state index contributed by atoms with van der Waals surface area (Å²) in [5.74, 6) is -2.43. The Balaban J connectivity index is 2.18. The highest BCUT2D eigenvalue weighted by Crippen LogP contribution is 2.14. The minimum atomic E-state index is -1.01. The molecule has 1 heterocycles. The van der Waals surface area contributed by atoms with Crippen molar-refractivity contribution in [2.75, 3.05) is 5.32 Å². The van der Waals surface area contributed by atoms with Crippen molar-refractivity contribution in [2.45, 2.75) is 6.92 Å². The molecule has 0 aliphatic heterocycles. The largest absolute Gasteiger partial charge is 0.321 e. The van der Waals surface area contributed by atoms with E-state index in [-0.39, 0.29) is 11.4 Å². The Kier molecular flexibility index (Phi) is 3.32. The fraction of sp³-hybridized carbons (Fsp3) is 0.0769. The lowest BCUT2D eigenvalue weighted by Crippen LogP contribution is -2.14. The first-order valence-corrected chi connectivity index (χ1v) is 5.26. The lowest BCUT2D eigenvalue weighted by Gasteiger charge is -2.05. The fourth-order valence-corrected chi connectivity index (χ4v) is 1.44. The summed E-state index contributed by atoms with van der Waals surface area (Å²) in [5, 5.41) is 2.45. The molecule has 1 aromatic heterocycles. The van der Waals surface area contributed by atoms with Crippen molar-refractivity contribution >= 4 is 11.6 Å². The number of nitrogens with one attached hydrogen (secondary N) is 1. The van der Waals surface area contributed by atoms with E-state index in [1.807, 2.05) is 0 Å². The first-order valence-electron chi connectivity index (χ1n) is 5.26. The maximum atomic E-state index is 13.0. The van der Waals surface area contributed by atoms with Crippen molar-refractivity contribution in [3.63, 3.8) is 0 Å². The summed E-state index contributed by atoms with van der Waals surface area (Å²) in [4.78, 5) is 15.8. The Bertz CT molecular complexity index is 599. The van der Waals surface area contributed by atoms with E-state index in [9.17, 15) is 13.6 Å². The number of hydrogen-bond donors (Lipinski definition) is 1. The number of rotatable bonds is 2. The van der Waals surface area contributed by atoms with E-state index in [1.165, 1.54) is 6.07 Å². The zero-order valence-corrected chi connectivity index (χ0v) is 9.58. The highest BCUT2D eigenvalue weighted by Gasteiger charge is 2.09. The van der Waals surface area contributed by atoms with Gasteiger partial charge in [0.15, 0.2) is 11.6 Å². The molecule has 0 bridgehead atoms. The number of amides is 1. The van der Waals surface area contributed by atoms with Crippen molar-refractivity contribution in [1.82, 2.24) is 4.98 Å². The maximum Gasteiger partial charge on any atom is 0.274 e. The molecule has 1 amide bonds. The molecule has 92 valence electrons. The Morgan fingerprint density at radius 1 is 1.17 bits per heavy atom. The van der Waals surface area contributed by atoms with Gasteiger partial charge in [0, 0.05) is 17.4 Å². The van der Waals surface area contributed by atoms with Crippen LogP contribution in [0, 0.1) is 18.6 Å². The van der Waals surface area contributed by atoms with Gasteiger partial charge in [0.05, 0.1) is 0 Å². The smallest absolute Gasteiger partial charge is 0.274 e. The number of benzene rings is 1. The van der Waals surface area contributed by atoms with Crippen LogP contribution in [0.2, 0.25) is 0 Å². The molecule has 0 spiro atoms. The van der Waals surface area contributed by atoms with Gasteiger partial charge in [0.25, 0.3) is 5.91 Å². The molecule has 1 aromatic carbocycles. The highest BCUT2D eigenvalue weighted by atomic mass is 19.2. The number of aromatic nitrogens is 1. The Hall–Kier alpha value is -2.30. The molecule has 1 N–H and O–H groups in total. The highest BCUT2D eigenvalue weighted by molar-refractivity contribution is 6.02. The van der Waals surface area contributed by atoms with E-state index >= 15 is 0 Å². The molecule has 3 nitrogen and oxygen atoms in total. The second kappa shape index (κ2) is 4.91. The number of carbonyl (C=O) groups is 1. The van der Waals surface area contributed by atoms with Crippen LogP contribution >= 0.6 is 0 Å². The third kappa shape index (κ3) is 2.68. The van der Waals surface area contributed by atoms with Crippen molar-refractivity contribution in [3.8, 4) is 0 Å². The van der Waals surface area contributed by atoms with E-state index in [2.05, 4.69) is 10.3 Å². The number of carbonyl (C=O) groups excluding carboxylic acids is 1. The lowest BCUT2D eigenvalue weighted by molar-refractivity contribution is 0.102. The molecule has 5 heteroatoms. The third-order valence-electron chi connectivity index (χ3n) is 2.30. The van der Waals surface area contributed by atoms with Gasteiger partial charge >= 0.3 is 0 Å². The van der Waals surface area contributed by atoms with Crippen LogP contribution in [0.15, 0.2) is 36.4 Å².